The highest BCUT2D eigenvalue weighted by Gasteiger charge is 2.32. The highest BCUT2D eigenvalue weighted by molar-refractivity contribution is 6.48. The normalized spacial score (nSPS) is 23.6. The quantitative estimate of drug-likeness (QED) is 0.800. The molecule has 120 valence electrons. The van der Waals surface area contributed by atoms with Crippen molar-refractivity contribution in [2.75, 3.05) is 31.1 Å². The number of fused-ring (bicyclic) bond motifs is 3. The minimum absolute atomic E-state index is 0.209. The van der Waals surface area contributed by atoms with Crippen molar-refractivity contribution in [3.63, 3.8) is 0 Å². The first-order valence-corrected chi connectivity index (χ1v) is 8.34. The monoisotopic (exact) mass is 309 g/mol. The average Bonchev–Trinajstić information content (AvgIpc) is 2.56. The lowest BCUT2D eigenvalue weighted by molar-refractivity contribution is 0.360. The van der Waals surface area contributed by atoms with Gasteiger partial charge in [-0.1, -0.05) is 6.07 Å². The largest absolute Gasteiger partial charge is 0.351 e. The fourth-order valence-corrected chi connectivity index (χ4v) is 3.24. The average molecular weight is 309 g/mol. The van der Waals surface area contributed by atoms with Gasteiger partial charge >= 0.3 is 0 Å². The van der Waals surface area contributed by atoms with Gasteiger partial charge in [0.15, 0.2) is 11.7 Å². The SMILES string of the molecule is CC1=CN2C(=NC1C)C(N1CCNCC1)=Nc1ccc(C)cc12. The second-order valence-corrected chi connectivity index (χ2v) is 6.54. The van der Waals surface area contributed by atoms with Crippen molar-refractivity contribution < 1.29 is 0 Å². The van der Waals surface area contributed by atoms with E-state index in [0.717, 1.165) is 49.2 Å². The Kier molecular flexibility index (Phi) is 3.45. The van der Waals surface area contributed by atoms with Crippen LogP contribution < -0.4 is 10.2 Å². The maximum Gasteiger partial charge on any atom is 0.176 e. The molecular weight excluding hydrogens is 286 g/mol. The minimum atomic E-state index is 0.209. The van der Waals surface area contributed by atoms with Crippen LogP contribution in [0, 0.1) is 6.92 Å². The zero-order valence-electron chi connectivity index (χ0n) is 14.0. The van der Waals surface area contributed by atoms with Crippen molar-refractivity contribution >= 4 is 23.0 Å². The van der Waals surface area contributed by atoms with E-state index in [9.17, 15) is 0 Å². The molecule has 3 heterocycles. The van der Waals surface area contributed by atoms with Gasteiger partial charge in [0.2, 0.25) is 0 Å². The van der Waals surface area contributed by atoms with Crippen LogP contribution in [0.25, 0.3) is 0 Å². The summed E-state index contributed by atoms with van der Waals surface area (Å²) < 4.78 is 0. The number of rotatable bonds is 0. The molecule has 5 heteroatoms. The molecule has 4 rings (SSSR count). The number of hydrogen-bond donors (Lipinski definition) is 1. The zero-order valence-corrected chi connectivity index (χ0v) is 14.0. The van der Waals surface area contributed by atoms with Crippen molar-refractivity contribution in [3.05, 3.63) is 35.5 Å². The molecule has 0 aromatic heterocycles. The first-order chi connectivity index (χ1) is 11.1. The summed E-state index contributed by atoms with van der Waals surface area (Å²) in [6.07, 6.45) is 2.22. The van der Waals surface area contributed by atoms with E-state index in [2.05, 4.69) is 60.3 Å². The number of anilines is 1. The van der Waals surface area contributed by atoms with Crippen LogP contribution in [-0.2, 0) is 0 Å². The van der Waals surface area contributed by atoms with Crippen molar-refractivity contribution in [2.24, 2.45) is 9.98 Å². The van der Waals surface area contributed by atoms with Crippen molar-refractivity contribution in [3.8, 4) is 0 Å². The third kappa shape index (κ3) is 2.45. The second-order valence-electron chi connectivity index (χ2n) is 6.54. The van der Waals surface area contributed by atoms with Gasteiger partial charge in [-0.3, -0.25) is 9.89 Å². The Morgan fingerprint density at radius 1 is 1.13 bits per heavy atom. The summed E-state index contributed by atoms with van der Waals surface area (Å²) in [5.41, 5.74) is 4.69. The summed E-state index contributed by atoms with van der Waals surface area (Å²) in [7, 11) is 0. The van der Waals surface area contributed by atoms with Gasteiger partial charge in [0.25, 0.3) is 0 Å². The lowest BCUT2D eigenvalue weighted by atomic mass is 10.1. The Morgan fingerprint density at radius 2 is 1.91 bits per heavy atom. The highest BCUT2D eigenvalue weighted by Crippen LogP contribution is 2.37. The fourth-order valence-electron chi connectivity index (χ4n) is 3.24. The summed E-state index contributed by atoms with van der Waals surface area (Å²) in [5.74, 6) is 2.00. The summed E-state index contributed by atoms with van der Waals surface area (Å²) in [6.45, 7) is 10.4. The van der Waals surface area contributed by atoms with Crippen molar-refractivity contribution in [1.82, 2.24) is 10.2 Å². The third-order valence-corrected chi connectivity index (χ3v) is 4.77. The summed E-state index contributed by atoms with van der Waals surface area (Å²) in [5, 5.41) is 3.41. The number of aliphatic imine (C=N–C) groups is 2. The molecule has 0 radical (unpaired) electrons. The second kappa shape index (κ2) is 5.49. The molecule has 23 heavy (non-hydrogen) atoms. The number of piperazine rings is 1. The molecule has 1 saturated heterocycles. The van der Waals surface area contributed by atoms with Crippen LogP contribution in [0.5, 0.6) is 0 Å². The molecule has 3 aliphatic heterocycles. The van der Waals surface area contributed by atoms with Gasteiger partial charge in [-0.2, -0.15) is 0 Å². The lowest BCUT2D eigenvalue weighted by Crippen LogP contribution is -2.53. The zero-order chi connectivity index (χ0) is 16.0. The van der Waals surface area contributed by atoms with Crippen LogP contribution in [-0.4, -0.2) is 48.8 Å². The van der Waals surface area contributed by atoms with Gasteiger partial charge in [0.05, 0.1) is 17.4 Å². The maximum absolute atomic E-state index is 4.97. The molecule has 3 aliphatic rings. The molecule has 0 aliphatic carbocycles. The number of aryl methyl sites for hydroxylation is 1. The van der Waals surface area contributed by atoms with Crippen LogP contribution in [0.2, 0.25) is 0 Å². The molecule has 1 aromatic rings. The fraction of sp³-hybridized carbons (Fsp3) is 0.444. The van der Waals surface area contributed by atoms with Crippen LogP contribution in [0.1, 0.15) is 19.4 Å². The van der Waals surface area contributed by atoms with Gasteiger partial charge < -0.3 is 10.2 Å². The van der Waals surface area contributed by atoms with Crippen LogP contribution in [0.3, 0.4) is 0 Å². The van der Waals surface area contributed by atoms with E-state index >= 15 is 0 Å². The molecule has 5 nitrogen and oxygen atoms in total. The van der Waals surface area contributed by atoms with E-state index in [4.69, 9.17) is 9.98 Å². The Hall–Kier alpha value is -2.14. The Morgan fingerprint density at radius 3 is 2.70 bits per heavy atom. The Labute approximate surface area is 137 Å². The van der Waals surface area contributed by atoms with Crippen LogP contribution in [0.4, 0.5) is 11.4 Å². The number of nitrogens with one attached hydrogen (secondary N) is 1. The van der Waals surface area contributed by atoms with Crippen LogP contribution >= 0.6 is 0 Å². The lowest BCUT2D eigenvalue weighted by Gasteiger charge is -2.39. The van der Waals surface area contributed by atoms with Gasteiger partial charge in [0, 0.05) is 32.4 Å². The van der Waals surface area contributed by atoms with E-state index in [1.165, 1.54) is 11.1 Å². The molecule has 1 N–H and O–H groups in total. The smallest absolute Gasteiger partial charge is 0.176 e. The van der Waals surface area contributed by atoms with Gasteiger partial charge in [-0.05, 0) is 44.0 Å². The molecular formula is C18H23N5. The summed E-state index contributed by atoms with van der Waals surface area (Å²) in [6, 6.07) is 6.65. The molecule has 0 amide bonds. The predicted molar refractivity (Wildman–Crippen MR) is 95.8 cm³/mol. The molecule has 1 unspecified atom stereocenters. The van der Waals surface area contributed by atoms with Gasteiger partial charge in [0.1, 0.15) is 0 Å². The van der Waals surface area contributed by atoms with E-state index in [0.29, 0.717) is 0 Å². The number of hydrogen-bond acceptors (Lipinski definition) is 5. The first-order valence-electron chi connectivity index (χ1n) is 8.34. The van der Waals surface area contributed by atoms with Crippen molar-refractivity contribution in [2.45, 2.75) is 26.8 Å². The maximum atomic E-state index is 4.97. The van der Waals surface area contributed by atoms with E-state index in [1.54, 1.807) is 0 Å². The first kappa shape index (κ1) is 14.5. The molecule has 1 atom stereocenters. The number of nitrogens with zero attached hydrogens (tertiary/aromatic N) is 4. The Bertz CT molecular complexity index is 725. The Balaban J connectivity index is 1.85. The number of amidine groups is 2. The number of benzene rings is 1. The predicted octanol–water partition coefficient (Wildman–Crippen LogP) is 2.45. The third-order valence-electron chi connectivity index (χ3n) is 4.77. The molecule has 1 aromatic carbocycles. The van der Waals surface area contributed by atoms with Gasteiger partial charge in [-0.15, -0.1) is 0 Å². The van der Waals surface area contributed by atoms with E-state index < -0.39 is 0 Å². The molecule has 0 spiro atoms. The van der Waals surface area contributed by atoms with E-state index in [-0.39, 0.29) is 6.04 Å². The summed E-state index contributed by atoms with van der Waals surface area (Å²) in [4.78, 5) is 14.5. The van der Waals surface area contributed by atoms with E-state index in [1.807, 2.05) is 0 Å². The molecule has 0 saturated carbocycles. The van der Waals surface area contributed by atoms with Crippen molar-refractivity contribution in [1.29, 1.82) is 0 Å². The molecule has 0 bridgehead atoms. The topological polar surface area (TPSA) is 43.2 Å². The molecule has 1 fully saturated rings. The highest BCUT2D eigenvalue weighted by atomic mass is 15.3. The summed E-state index contributed by atoms with van der Waals surface area (Å²) >= 11 is 0. The van der Waals surface area contributed by atoms with Gasteiger partial charge in [-0.25, -0.2) is 4.99 Å². The standard InChI is InChI=1S/C18H23N5/c1-12-4-5-15-16(10-12)23-11-13(2)14(3)20-18(23)17(21-15)22-8-6-19-7-9-22/h4-5,10-11,14,19H,6-9H2,1-3H3. The van der Waals surface area contributed by atoms with Crippen LogP contribution in [0.15, 0.2) is 40.0 Å². The minimum Gasteiger partial charge on any atom is -0.351 e.